The highest BCUT2D eigenvalue weighted by molar-refractivity contribution is 7.91. The Balaban J connectivity index is 2.39. The molecular formula is C18H26N6O5S. The van der Waals surface area contributed by atoms with Gasteiger partial charge in [0, 0.05) is 13.2 Å². The molecule has 3 N–H and O–H groups in total. The fourth-order valence-corrected chi connectivity index (χ4v) is 2.75. The molecule has 30 heavy (non-hydrogen) atoms. The zero-order chi connectivity index (χ0) is 22.5. The number of guanidine groups is 1. The predicted molar refractivity (Wildman–Crippen MR) is 113 cm³/mol. The van der Waals surface area contributed by atoms with Crippen molar-refractivity contribution >= 4 is 27.6 Å². The number of hydrogen-bond donors (Lipinski definition) is 3. The van der Waals surface area contributed by atoms with Crippen molar-refractivity contribution in [2.75, 3.05) is 19.5 Å². The predicted octanol–water partition coefficient (Wildman–Crippen LogP) is 1.27. The van der Waals surface area contributed by atoms with Gasteiger partial charge in [0.1, 0.15) is 17.2 Å². The normalized spacial score (nSPS) is 12.3. The number of rotatable bonds is 5. The molecular weight excluding hydrogens is 412 g/mol. The SMILES string of the molecule is COc1cccc(OC)c1N/C(=N/S(=O)(=O)C(C)(C)C)NNC(=O)c1ccn(C)n1. The Morgan fingerprint density at radius 1 is 1.10 bits per heavy atom. The van der Waals surface area contributed by atoms with E-state index >= 15 is 0 Å². The van der Waals surface area contributed by atoms with Gasteiger partial charge in [-0.25, -0.2) is 8.42 Å². The Morgan fingerprint density at radius 2 is 1.70 bits per heavy atom. The molecule has 164 valence electrons. The molecule has 11 nitrogen and oxygen atoms in total. The maximum absolute atomic E-state index is 12.6. The Bertz CT molecular complexity index is 1020. The second kappa shape index (κ2) is 9.03. The molecule has 2 aromatic rings. The van der Waals surface area contributed by atoms with Crippen LogP contribution in [0.3, 0.4) is 0 Å². The fourth-order valence-electron chi connectivity index (χ4n) is 2.14. The highest BCUT2D eigenvalue weighted by atomic mass is 32.2. The second-order valence-electron chi connectivity index (χ2n) is 7.14. The number of carbonyl (C=O) groups excluding carboxylic acids is 1. The van der Waals surface area contributed by atoms with Gasteiger partial charge in [0.25, 0.3) is 15.9 Å². The fraction of sp³-hybridized carbons (Fsp3) is 0.389. The van der Waals surface area contributed by atoms with Crippen LogP contribution in [-0.2, 0) is 17.1 Å². The first-order valence-corrected chi connectivity index (χ1v) is 10.3. The van der Waals surface area contributed by atoms with Gasteiger partial charge in [-0.05, 0) is 39.0 Å². The summed E-state index contributed by atoms with van der Waals surface area (Å²) in [4.78, 5) is 12.3. The van der Waals surface area contributed by atoms with Crippen LogP contribution in [0, 0.1) is 0 Å². The van der Waals surface area contributed by atoms with Crippen molar-refractivity contribution in [3.8, 4) is 11.5 Å². The van der Waals surface area contributed by atoms with Gasteiger partial charge in [0.15, 0.2) is 5.69 Å². The van der Waals surface area contributed by atoms with Crippen molar-refractivity contribution in [1.29, 1.82) is 0 Å². The van der Waals surface area contributed by atoms with E-state index in [0.29, 0.717) is 17.2 Å². The van der Waals surface area contributed by atoms with Crippen molar-refractivity contribution in [2.45, 2.75) is 25.5 Å². The minimum Gasteiger partial charge on any atom is -0.494 e. The maximum atomic E-state index is 12.6. The molecule has 0 unspecified atom stereocenters. The number of hydrazine groups is 1. The van der Waals surface area contributed by atoms with E-state index in [-0.39, 0.29) is 11.7 Å². The van der Waals surface area contributed by atoms with Gasteiger partial charge in [-0.2, -0.15) is 5.10 Å². The molecule has 0 bridgehead atoms. The van der Waals surface area contributed by atoms with Crippen LogP contribution in [0.15, 0.2) is 34.9 Å². The van der Waals surface area contributed by atoms with Crippen LogP contribution in [0.5, 0.6) is 11.5 Å². The summed E-state index contributed by atoms with van der Waals surface area (Å²) >= 11 is 0. The molecule has 0 spiro atoms. The number of anilines is 1. The Hall–Kier alpha value is -3.28. The lowest BCUT2D eigenvalue weighted by Gasteiger charge is -2.20. The standard InChI is InChI=1S/C18H26N6O5S/c1-18(2,3)30(26,27)23-17(21-20-16(25)12-10-11-24(4)22-12)19-15-13(28-5)8-7-9-14(15)29-6/h7-11H,1-6H3,(H,20,25)(H2,19,21,23). The summed E-state index contributed by atoms with van der Waals surface area (Å²) in [7, 11) is 0.629. The van der Waals surface area contributed by atoms with Gasteiger partial charge in [-0.3, -0.25) is 20.3 Å². The number of sulfonamides is 1. The third-order valence-electron chi connectivity index (χ3n) is 3.90. The van der Waals surface area contributed by atoms with Gasteiger partial charge in [0.2, 0.25) is 5.96 Å². The molecule has 0 saturated heterocycles. The number of ether oxygens (including phenoxy) is 2. The smallest absolute Gasteiger partial charge is 0.290 e. The van der Waals surface area contributed by atoms with Gasteiger partial charge in [0.05, 0.1) is 19.0 Å². The van der Waals surface area contributed by atoms with Crippen LogP contribution in [-0.4, -0.2) is 49.0 Å². The van der Waals surface area contributed by atoms with Gasteiger partial charge >= 0.3 is 0 Å². The molecule has 0 fully saturated rings. The van der Waals surface area contributed by atoms with Gasteiger partial charge < -0.3 is 14.8 Å². The molecule has 1 aromatic carbocycles. The molecule has 2 rings (SSSR count). The number of nitrogens with one attached hydrogen (secondary N) is 3. The summed E-state index contributed by atoms with van der Waals surface area (Å²) in [5.41, 5.74) is 5.34. The summed E-state index contributed by atoms with van der Waals surface area (Å²) in [6, 6.07) is 6.54. The molecule has 0 radical (unpaired) electrons. The average molecular weight is 439 g/mol. The maximum Gasteiger partial charge on any atom is 0.290 e. The number of hydrogen-bond acceptors (Lipinski definition) is 6. The van der Waals surface area contributed by atoms with Gasteiger partial charge in [-0.15, -0.1) is 4.40 Å². The number of methoxy groups -OCH3 is 2. The Kier molecular flexibility index (Phi) is 6.92. The summed E-state index contributed by atoms with van der Waals surface area (Å²) in [6.45, 7) is 4.54. The van der Waals surface area contributed by atoms with Crippen molar-refractivity contribution in [3.63, 3.8) is 0 Å². The molecule has 0 aliphatic heterocycles. The van der Waals surface area contributed by atoms with E-state index in [9.17, 15) is 13.2 Å². The van der Waals surface area contributed by atoms with Crippen LogP contribution in [0.4, 0.5) is 5.69 Å². The quantitative estimate of drug-likeness (QED) is 0.361. The minimum atomic E-state index is -3.95. The third kappa shape index (κ3) is 5.41. The lowest BCUT2D eigenvalue weighted by molar-refractivity contribution is 0.0938. The highest BCUT2D eigenvalue weighted by Gasteiger charge is 2.30. The summed E-state index contributed by atoms with van der Waals surface area (Å²) < 4.78 is 40.0. The molecule has 0 saturated carbocycles. The average Bonchev–Trinajstić information content (AvgIpc) is 3.11. The zero-order valence-electron chi connectivity index (χ0n) is 17.7. The van der Waals surface area contributed by atoms with E-state index in [2.05, 4.69) is 25.7 Å². The monoisotopic (exact) mass is 438 g/mol. The Labute approximate surface area is 175 Å². The van der Waals surface area contributed by atoms with E-state index in [4.69, 9.17) is 9.47 Å². The first-order chi connectivity index (χ1) is 14.0. The molecule has 1 amide bonds. The first kappa shape index (κ1) is 23.0. The van der Waals surface area contributed by atoms with E-state index in [1.807, 2.05) is 0 Å². The number of benzene rings is 1. The van der Waals surface area contributed by atoms with Crippen molar-refractivity contribution in [2.24, 2.45) is 11.4 Å². The van der Waals surface area contributed by atoms with E-state index in [1.54, 1.807) is 31.4 Å². The number of aryl methyl sites for hydroxylation is 1. The molecule has 0 aliphatic rings. The largest absolute Gasteiger partial charge is 0.494 e. The topological polar surface area (TPSA) is 136 Å². The number of carbonyl (C=O) groups is 1. The highest BCUT2D eigenvalue weighted by Crippen LogP contribution is 2.34. The van der Waals surface area contributed by atoms with E-state index < -0.39 is 20.7 Å². The summed E-state index contributed by atoms with van der Waals surface area (Å²) in [6.07, 6.45) is 1.60. The molecule has 1 aromatic heterocycles. The molecule has 1 heterocycles. The molecule has 0 atom stereocenters. The van der Waals surface area contributed by atoms with E-state index in [0.717, 1.165) is 0 Å². The molecule has 12 heteroatoms. The number of amides is 1. The lowest BCUT2D eigenvalue weighted by Crippen LogP contribution is -2.46. The number of para-hydroxylation sites is 1. The van der Waals surface area contributed by atoms with Gasteiger partial charge in [-0.1, -0.05) is 6.07 Å². The van der Waals surface area contributed by atoms with Crippen LogP contribution in [0.25, 0.3) is 0 Å². The zero-order valence-corrected chi connectivity index (χ0v) is 18.5. The first-order valence-electron chi connectivity index (χ1n) is 8.87. The third-order valence-corrected chi connectivity index (χ3v) is 5.87. The number of aromatic nitrogens is 2. The lowest BCUT2D eigenvalue weighted by atomic mass is 10.2. The van der Waals surface area contributed by atoms with Crippen LogP contribution < -0.4 is 25.6 Å². The second-order valence-corrected chi connectivity index (χ2v) is 9.50. The minimum absolute atomic E-state index is 0.137. The van der Waals surface area contributed by atoms with Crippen molar-refractivity contribution < 1.29 is 22.7 Å². The van der Waals surface area contributed by atoms with E-state index in [1.165, 1.54) is 45.7 Å². The summed E-state index contributed by atoms with van der Waals surface area (Å²) in [5.74, 6) is -0.0663. The van der Waals surface area contributed by atoms with Crippen molar-refractivity contribution in [1.82, 2.24) is 20.6 Å². The van der Waals surface area contributed by atoms with Crippen LogP contribution in [0.2, 0.25) is 0 Å². The molecule has 0 aliphatic carbocycles. The summed E-state index contributed by atoms with van der Waals surface area (Å²) in [5, 5.41) is 6.81. The Morgan fingerprint density at radius 3 is 2.17 bits per heavy atom. The van der Waals surface area contributed by atoms with Crippen LogP contribution in [0.1, 0.15) is 31.3 Å². The number of nitrogens with zero attached hydrogens (tertiary/aromatic N) is 3. The van der Waals surface area contributed by atoms with Crippen molar-refractivity contribution in [3.05, 3.63) is 36.2 Å². The van der Waals surface area contributed by atoms with Crippen LogP contribution >= 0.6 is 0 Å².